The SMILES string of the molecule is O=C(c1ccccc1)c1ncc(I)s1. The van der Waals surface area contributed by atoms with E-state index in [1.807, 2.05) is 18.2 Å². The molecule has 0 aliphatic carbocycles. The minimum Gasteiger partial charge on any atom is -0.286 e. The second-order valence-corrected chi connectivity index (χ2v) is 5.59. The van der Waals surface area contributed by atoms with Crippen LogP contribution in [0.25, 0.3) is 0 Å². The highest BCUT2D eigenvalue weighted by molar-refractivity contribution is 14.1. The second-order valence-electron chi connectivity index (χ2n) is 2.66. The third-order valence-corrected chi connectivity index (χ3v) is 3.43. The van der Waals surface area contributed by atoms with E-state index in [9.17, 15) is 4.79 Å². The lowest BCUT2D eigenvalue weighted by Gasteiger charge is -1.94. The lowest BCUT2D eigenvalue weighted by atomic mass is 10.1. The van der Waals surface area contributed by atoms with Gasteiger partial charge in [0, 0.05) is 5.56 Å². The van der Waals surface area contributed by atoms with Gasteiger partial charge in [-0.1, -0.05) is 30.3 Å². The van der Waals surface area contributed by atoms with Crippen LogP contribution in [0.3, 0.4) is 0 Å². The lowest BCUT2D eigenvalue weighted by molar-refractivity contribution is 0.103. The number of benzene rings is 1. The molecule has 1 aromatic heterocycles. The van der Waals surface area contributed by atoms with E-state index in [1.54, 1.807) is 18.3 Å². The Labute approximate surface area is 99.1 Å². The molecule has 0 N–H and O–H groups in total. The van der Waals surface area contributed by atoms with Crippen LogP contribution in [0.4, 0.5) is 0 Å². The largest absolute Gasteiger partial charge is 0.286 e. The van der Waals surface area contributed by atoms with Crippen molar-refractivity contribution in [3.63, 3.8) is 0 Å². The van der Waals surface area contributed by atoms with Crippen LogP contribution in [0.5, 0.6) is 0 Å². The Hall–Kier alpha value is -0.750. The van der Waals surface area contributed by atoms with Gasteiger partial charge in [-0.15, -0.1) is 11.3 Å². The molecule has 70 valence electrons. The number of halogens is 1. The quantitative estimate of drug-likeness (QED) is 0.630. The number of carbonyl (C=O) groups is 1. The van der Waals surface area contributed by atoms with Crippen molar-refractivity contribution < 1.29 is 4.79 Å². The molecule has 0 fully saturated rings. The highest BCUT2D eigenvalue weighted by Gasteiger charge is 2.11. The Morgan fingerprint density at radius 2 is 2.00 bits per heavy atom. The first-order valence-electron chi connectivity index (χ1n) is 3.98. The van der Waals surface area contributed by atoms with Gasteiger partial charge in [0.25, 0.3) is 0 Å². The molecule has 0 bridgehead atoms. The molecule has 0 amide bonds. The summed E-state index contributed by atoms with van der Waals surface area (Å²) in [4.78, 5) is 15.9. The second kappa shape index (κ2) is 4.18. The zero-order valence-corrected chi connectivity index (χ0v) is 10.1. The van der Waals surface area contributed by atoms with E-state index < -0.39 is 0 Å². The molecule has 2 rings (SSSR count). The zero-order valence-electron chi connectivity index (χ0n) is 7.11. The maximum atomic E-state index is 11.8. The van der Waals surface area contributed by atoms with Gasteiger partial charge in [-0.2, -0.15) is 0 Å². The van der Waals surface area contributed by atoms with Crippen LogP contribution in [0.2, 0.25) is 0 Å². The van der Waals surface area contributed by atoms with Gasteiger partial charge in [-0.05, 0) is 22.6 Å². The van der Waals surface area contributed by atoms with Crippen LogP contribution in [-0.4, -0.2) is 10.8 Å². The van der Waals surface area contributed by atoms with Crippen molar-refractivity contribution in [1.29, 1.82) is 0 Å². The number of rotatable bonds is 2. The minimum atomic E-state index is -0.00137. The number of nitrogens with zero attached hydrogens (tertiary/aromatic N) is 1. The van der Waals surface area contributed by atoms with Crippen LogP contribution < -0.4 is 0 Å². The molecule has 1 aromatic carbocycles. The summed E-state index contributed by atoms with van der Waals surface area (Å²) in [5.41, 5.74) is 0.693. The first kappa shape index (κ1) is 9.79. The van der Waals surface area contributed by atoms with E-state index in [2.05, 4.69) is 27.6 Å². The van der Waals surface area contributed by atoms with Gasteiger partial charge >= 0.3 is 0 Å². The van der Waals surface area contributed by atoms with E-state index >= 15 is 0 Å². The maximum Gasteiger partial charge on any atom is 0.221 e. The molecule has 0 saturated carbocycles. The normalized spacial score (nSPS) is 10.1. The number of hydrogen-bond acceptors (Lipinski definition) is 3. The van der Waals surface area contributed by atoms with E-state index in [1.165, 1.54) is 11.3 Å². The maximum absolute atomic E-state index is 11.8. The molecule has 0 atom stereocenters. The molecular formula is C10H6INOS. The third-order valence-electron chi connectivity index (χ3n) is 1.71. The average Bonchev–Trinajstić information content (AvgIpc) is 2.65. The molecule has 2 aromatic rings. The molecule has 0 saturated heterocycles. The molecule has 14 heavy (non-hydrogen) atoms. The van der Waals surface area contributed by atoms with Gasteiger partial charge in [-0.25, -0.2) is 4.98 Å². The van der Waals surface area contributed by atoms with E-state index in [4.69, 9.17) is 0 Å². The first-order valence-corrected chi connectivity index (χ1v) is 5.88. The summed E-state index contributed by atoms with van der Waals surface area (Å²) in [5, 5.41) is 0.556. The molecule has 4 heteroatoms. The number of thiazole rings is 1. The average molecular weight is 315 g/mol. The summed E-state index contributed by atoms with van der Waals surface area (Å²) < 4.78 is 1.03. The van der Waals surface area contributed by atoms with Crippen LogP contribution in [-0.2, 0) is 0 Å². The fourth-order valence-electron chi connectivity index (χ4n) is 1.07. The van der Waals surface area contributed by atoms with Gasteiger partial charge in [-0.3, -0.25) is 4.79 Å². The molecule has 0 radical (unpaired) electrons. The van der Waals surface area contributed by atoms with E-state index in [0.29, 0.717) is 10.6 Å². The van der Waals surface area contributed by atoms with Crippen LogP contribution in [0.1, 0.15) is 15.4 Å². The number of ketones is 1. The first-order chi connectivity index (χ1) is 6.77. The topological polar surface area (TPSA) is 30.0 Å². The fraction of sp³-hybridized carbons (Fsp3) is 0. The highest BCUT2D eigenvalue weighted by atomic mass is 127. The van der Waals surface area contributed by atoms with Crippen molar-refractivity contribution >= 4 is 39.7 Å². The van der Waals surface area contributed by atoms with Crippen LogP contribution >= 0.6 is 33.9 Å². The van der Waals surface area contributed by atoms with Gasteiger partial charge in [0.2, 0.25) is 5.78 Å². The van der Waals surface area contributed by atoms with Crippen molar-refractivity contribution in [1.82, 2.24) is 4.98 Å². The molecule has 1 heterocycles. The van der Waals surface area contributed by atoms with Crippen molar-refractivity contribution in [2.75, 3.05) is 0 Å². The Bertz CT molecular complexity index is 452. The van der Waals surface area contributed by atoms with Gasteiger partial charge in [0.15, 0.2) is 5.01 Å². The Balaban J connectivity index is 2.34. The molecule has 2 nitrogen and oxygen atoms in total. The monoisotopic (exact) mass is 315 g/mol. The fourth-order valence-corrected chi connectivity index (χ4v) is 2.44. The Kier molecular flexibility index (Phi) is 2.93. The summed E-state index contributed by atoms with van der Waals surface area (Å²) >= 11 is 3.57. The van der Waals surface area contributed by atoms with Crippen LogP contribution in [0.15, 0.2) is 36.5 Å². The summed E-state index contributed by atoms with van der Waals surface area (Å²) in [7, 11) is 0. The number of hydrogen-bond donors (Lipinski definition) is 0. The third kappa shape index (κ3) is 2.01. The van der Waals surface area contributed by atoms with Crippen molar-refractivity contribution in [2.24, 2.45) is 0 Å². The predicted molar refractivity (Wildman–Crippen MR) is 64.7 cm³/mol. The number of carbonyl (C=O) groups excluding carboxylic acids is 1. The summed E-state index contributed by atoms with van der Waals surface area (Å²) in [6.07, 6.45) is 1.71. The molecule has 0 aliphatic rings. The summed E-state index contributed by atoms with van der Waals surface area (Å²) in [6.45, 7) is 0. The number of aromatic nitrogens is 1. The predicted octanol–water partition coefficient (Wildman–Crippen LogP) is 2.98. The van der Waals surface area contributed by atoms with Gasteiger partial charge < -0.3 is 0 Å². The van der Waals surface area contributed by atoms with Crippen molar-refractivity contribution in [3.8, 4) is 0 Å². The van der Waals surface area contributed by atoms with Crippen molar-refractivity contribution in [3.05, 3.63) is 50.0 Å². The van der Waals surface area contributed by atoms with Gasteiger partial charge in [0.05, 0.1) is 9.08 Å². The summed E-state index contributed by atoms with van der Waals surface area (Å²) in [5.74, 6) is -0.00137. The Morgan fingerprint density at radius 3 is 2.57 bits per heavy atom. The van der Waals surface area contributed by atoms with Crippen LogP contribution in [0, 0.1) is 2.88 Å². The Morgan fingerprint density at radius 1 is 1.29 bits per heavy atom. The van der Waals surface area contributed by atoms with E-state index in [-0.39, 0.29) is 5.78 Å². The standard InChI is InChI=1S/C10H6INOS/c11-8-6-12-10(14-8)9(13)7-4-2-1-3-5-7/h1-6H. The smallest absolute Gasteiger partial charge is 0.221 e. The van der Waals surface area contributed by atoms with Crippen molar-refractivity contribution in [2.45, 2.75) is 0 Å². The zero-order chi connectivity index (χ0) is 9.97. The highest BCUT2D eigenvalue weighted by Crippen LogP contribution is 2.18. The minimum absolute atomic E-state index is 0.00137. The molecule has 0 unspecified atom stereocenters. The van der Waals surface area contributed by atoms with E-state index in [0.717, 1.165) is 2.88 Å². The lowest BCUT2D eigenvalue weighted by Crippen LogP contribution is -1.99. The summed E-state index contributed by atoms with van der Waals surface area (Å²) in [6, 6.07) is 9.20. The molecular weight excluding hydrogens is 309 g/mol. The molecule has 0 aliphatic heterocycles. The van der Waals surface area contributed by atoms with Gasteiger partial charge in [0.1, 0.15) is 0 Å². The molecule has 0 spiro atoms.